The molecule has 0 saturated carbocycles. The first-order valence-corrected chi connectivity index (χ1v) is 9.99. The van der Waals surface area contributed by atoms with Crippen molar-refractivity contribution in [3.63, 3.8) is 0 Å². The normalized spacial score (nSPS) is 15.2. The Morgan fingerprint density at radius 2 is 1.47 bits per heavy atom. The molecule has 1 heterocycles. The van der Waals surface area contributed by atoms with Crippen LogP contribution in [0.25, 0.3) is 6.08 Å². The molecule has 3 rings (SSSR count). The van der Waals surface area contributed by atoms with Gasteiger partial charge in [-0.1, -0.05) is 11.8 Å². The summed E-state index contributed by atoms with van der Waals surface area (Å²) in [6.45, 7) is 0. The number of ether oxygens (including phenoxy) is 4. The second kappa shape index (κ2) is 9.64. The standard InChI is InChI=1S/C21H20N2O5S2/c1-25-15-5-7-17(27-3)13(9-15)11-19-20(24)23(21(29)30-19)22-12-14-10-16(26-2)6-8-18(14)28-4/h5-12H,1-4H3. The van der Waals surface area contributed by atoms with Crippen molar-refractivity contribution in [1.29, 1.82) is 0 Å². The Morgan fingerprint density at radius 1 is 0.900 bits per heavy atom. The van der Waals surface area contributed by atoms with E-state index in [1.807, 2.05) is 0 Å². The van der Waals surface area contributed by atoms with Crippen LogP contribution in [-0.2, 0) is 4.79 Å². The minimum absolute atomic E-state index is 0.325. The molecule has 156 valence electrons. The summed E-state index contributed by atoms with van der Waals surface area (Å²) in [6.07, 6.45) is 3.23. The molecule has 0 radical (unpaired) electrons. The Bertz CT molecular complexity index is 1040. The van der Waals surface area contributed by atoms with E-state index in [9.17, 15) is 4.79 Å². The number of rotatable bonds is 7. The monoisotopic (exact) mass is 444 g/mol. The smallest absolute Gasteiger partial charge is 0.286 e. The number of benzene rings is 2. The summed E-state index contributed by atoms with van der Waals surface area (Å²) >= 11 is 6.51. The molecule has 0 N–H and O–H groups in total. The first kappa shape index (κ1) is 21.7. The molecule has 9 heteroatoms. The lowest BCUT2D eigenvalue weighted by atomic mass is 10.1. The fraction of sp³-hybridized carbons (Fsp3) is 0.190. The van der Waals surface area contributed by atoms with Crippen molar-refractivity contribution in [3.05, 3.63) is 52.4 Å². The van der Waals surface area contributed by atoms with E-state index in [-0.39, 0.29) is 5.91 Å². The molecule has 0 spiro atoms. The van der Waals surface area contributed by atoms with Gasteiger partial charge in [0.25, 0.3) is 5.91 Å². The van der Waals surface area contributed by atoms with Gasteiger partial charge in [0.2, 0.25) is 0 Å². The highest BCUT2D eigenvalue weighted by Gasteiger charge is 2.32. The molecule has 7 nitrogen and oxygen atoms in total. The van der Waals surface area contributed by atoms with Gasteiger partial charge >= 0.3 is 0 Å². The van der Waals surface area contributed by atoms with Gasteiger partial charge in [-0.25, -0.2) is 0 Å². The molecule has 1 fully saturated rings. The highest BCUT2D eigenvalue weighted by molar-refractivity contribution is 8.26. The third-order valence-corrected chi connectivity index (χ3v) is 5.53. The topological polar surface area (TPSA) is 69.6 Å². The van der Waals surface area contributed by atoms with Crippen molar-refractivity contribution >= 4 is 46.5 Å². The molecule has 1 aliphatic rings. The van der Waals surface area contributed by atoms with Gasteiger partial charge in [-0.15, -0.1) is 0 Å². The van der Waals surface area contributed by atoms with E-state index in [2.05, 4.69) is 5.10 Å². The Hall–Kier alpha value is -3.04. The predicted molar refractivity (Wildman–Crippen MR) is 122 cm³/mol. The minimum Gasteiger partial charge on any atom is -0.497 e. The van der Waals surface area contributed by atoms with E-state index in [0.717, 1.165) is 11.8 Å². The van der Waals surface area contributed by atoms with E-state index in [0.29, 0.717) is 43.4 Å². The van der Waals surface area contributed by atoms with Crippen LogP contribution in [0.2, 0.25) is 0 Å². The second-order valence-electron chi connectivity index (χ2n) is 5.95. The predicted octanol–water partition coefficient (Wildman–Crippen LogP) is 3.96. The van der Waals surface area contributed by atoms with E-state index >= 15 is 0 Å². The summed E-state index contributed by atoms with van der Waals surface area (Å²) in [6, 6.07) is 10.7. The molecule has 1 amide bonds. The molecule has 0 aromatic heterocycles. The average Bonchev–Trinajstić information content (AvgIpc) is 3.04. The zero-order valence-electron chi connectivity index (χ0n) is 16.9. The Labute approximate surface area is 184 Å². The van der Waals surface area contributed by atoms with Crippen LogP contribution in [0, 0.1) is 0 Å². The summed E-state index contributed by atoms with van der Waals surface area (Å²) in [7, 11) is 6.27. The largest absolute Gasteiger partial charge is 0.497 e. The number of nitrogens with zero attached hydrogens (tertiary/aromatic N) is 2. The van der Waals surface area contributed by atoms with E-state index in [1.54, 1.807) is 70.9 Å². The van der Waals surface area contributed by atoms with Gasteiger partial charge in [0.05, 0.1) is 39.6 Å². The van der Waals surface area contributed by atoms with Crippen molar-refractivity contribution < 1.29 is 23.7 Å². The number of methoxy groups -OCH3 is 4. The molecule has 1 saturated heterocycles. The van der Waals surface area contributed by atoms with Crippen molar-refractivity contribution in [2.45, 2.75) is 0 Å². The maximum atomic E-state index is 12.9. The summed E-state index contributed by atoms with van der Waals surface area (Å²) < 4.78 is 21.5. The Morgan fingerprint density at radius 3 is 2.03 bits per heavy atom. The first-order valence-electron chi connectivity index (χ1n) is 8.76. The minimum atomic E-state index is -0.326. The van der Waals surface area contributed by atoms with Gasteiger partial charge in [-0.2, -0.15) is 10.1 Å². The van der Waals surface area contributed by atoms with Gasteiger partial charge in [0.15, 0.2) is 4.32 Å². The molecular weight excluding hydrogens is 424 g/mol. The van der Waals surface area contributed by atoms with Crippen LogP contribution >= 0.6 is 24.0 Å². The molecule has 0 atom stereocenters. The molecule has 0 unspecified atom stereocenters. The molecule has 2 aromatic carbocycles. The summed E-state index contributed by atoms with van der Waals surface area (Å²) in [5.74, 6) is 2.19. The van der Waals surface area contributed by atoms with E-state index in [4.69, 9.17) is 31.2 Å². The maximum absolute atomic E-state index is 12.9. The zero-order chi connectivity index (χ0) is 21.7. The molecule has 30 heavy (non-hydrogen) atoms. The van der Waals surface area contributed by atoms with Crippen LogP contribution in [0.15, 0.2) is 46.4 Å². The number of carbonyl (C=O) groups is 1. The van der Waals surface area contributed by atoms with Crippen LogP contribution in [-0.4, -0.2) is 49.9 Å². The lowest BCUT2D eigenvalue weighted by Crippen LogP contribution is -2.22. The van der Waals surface area contributed by atoms with Crippen molar-refractivity contribution in [3.8, 4) is 23.0 Å². The quantitative estimate of drug-likeness (QED) is 0.364. The number of hydrazone groups is 1. The Balaban J connectivity index is 1.89. The average molecular weight is 445 g/mol. The third-order valence-electron chi connectivity index (χ3n) is 4.25. The van der Waals surface area contributed by atoms with Crippen molar-refractivity contribution in [2.24, 2.45) is 5.10 Å². The number of thiocarbonyl (C=S) groups is 1. The zero-order valence-corrected chi connectivity index (χ0v) is 18.5. The first-order chi connectivity index (χ1) is 14.5. The third kappa shape index (κ3) is 4.58. The fourth-order valence-electron chi connectivity index (χ4n) is 2.71. The van der Waals surface area contributed by atoms with Gasteiger partial charge < -0.3 is 18.9 Å². The fourth-order valence-corrected chi connectivity index (χ4v) is 3.88. The summed E-state index contributed by atoms with van der Waals surface area (Å²) in [5.41, 5.74) is 1.36. The van der Waals surface area contributed by atoms with Gasteiger partial charge in [0.1, 0.15) is 23.0 Å². The second-order valence-corrected chi connectivity index (χ2v) is 7.63. The molecule has 0 bridgehead atoms. The van der Waals surface area contributed by atoms with Crippen molar-refractivity contribution in [1.82, 2.24) is 5.01 Å². The van der Waals surface area contributed by atoms with Gasteiger partial charge in [0, 0.05) is 11.1 Å². The molecular formula is C21H20N2O5S2. The number of thioether (sulfide) groups is 1. The van der Waals surface area contributed by atoms with Crippen LogP contribution < -0.4 is 18.9 Å². The number of hydrogen-bond acceptors (Lipinski definition) is 8. The molecule has 2 aromatic rings. The maximum Gasteiger partial charge on any atom is 0.286 e. The SMILES string of the molecule is COc1ccc(OC)c(C=NN2C(=O)C(=Cc3cc(OC)ccc3OC)SC2=S)c1. The van der Waals surface area contributed by atoms with Crippen LogP contribution in [0.1, 0.15) is 11.1 Å². The van der Waals surface area contributed by atoms with Gasteiger partial charge in [-0.05, 0) is 54.7 Å². The highest BCUT2D eigenvalue weighted by Crippen LogP contribution is 2.35. The van der Waals surface area contributed by atoms with E-state index < -0.39 is 0 Å². The molecule has 1 aliphatic heterocycles. The van der Waals surface area contributed by atoms with Crippen LogP contribution in [0.5, 0.6) is 23.0 Å². The van der Waals surface area contributed by atoms with Crippen molar-refractivity contribution in [2.75, 3.05) is 28.4 Å². The summed E-state index contributed by atoms with van der Waals surface area (Å²) in [4.78, 5) is 13.3. The highest BCUT2D eigenvalue weighted by atomic mass is 32.2. The number of carbonyl (C=O) groups excluding carboxylic acids is 1. The van der Waals surface area contributed by atoms with Gasteiger partial charge in [-0.3, -0.25) is 4.79 Å². The van der Waals surface area contributed by atoms with Crippen LogP contribution in [0.3, 0.4) is 0 Å². The lowest BCUT2D eigenvalue weighted by molar-refractivity contribution is -0.122. The molecule has 0 aliphatic carbocycles. The van der Waals surface area contributed by atoms with Crippen LogP contribution in [0.4, 0.5) is 0 Å². The number of hydrogen-bond donors (Lipinski definition) is 0. The Kier molecular flexibility index (Phi) is 6.96. The lowest BCUT2D eigenvalue weighted by Gasteiger charge is -2.09. The number of amides is 1. The summed E-state index contributed by atoms with van der Waals surface area (Å²) in [5, 5.41) is 5.45. The van der Waals surface area contributed by atoms with E-state index in [1.165, 1.54) is 11.2 Å².